The van der Waals surface area contributed by atoms with Crippen molar-refractivity contribution < 1.29 is 8.42 Å². The lowest BCUT2D eigenvalue weighted by Crippen LogP contribution is -2.50. The maximum Gasteiger partial charge on any atom is 0.264 e. The Hall–Kier alpha value is -1.60. The second-order valence-corrected chi connectivity index (χ2v) is 7.19. The van der Waals surface area contributed by atoms with Gasteiger partial charge in [0.1, 0.15) is 0 Å². The summed E-state index contributed by atoms with van der Waals surface area (Å²) in [6.07, 6.45) is 3.53. The van der Waals surface area contributed by atoms with Gasteiger partial charge in [-0.2, -0.15) is 0 Å². The van der Waals surface area contributed by atoms with Crippen molar-refractivity contribution in [1.82, 2.24) is 14.9 Å². The molecule has 1 aromatic rings. The van der Waals surface area contributed by atoms with Gasteiger partial charge in [-0.05, 0) is 25.5 Å². The Morgan fingerprint density at radius 3 is 2.59 bits per heavy atom. The van der Waals surface area contributed by atoms with Crippen LogP contribution in [0.1, 0.15) is 31.7 Å². The molecule has 0 atom stereocenters. The fourth-order valence-corrected chi connectivity index (χ4v) is 3.17. The van der Waals surface area contributed by atoms with Gasteiger partial charge in [0.2, 0.25) is 5.96 Å². The standard InChI is InChI=1S/C15H24N4O2S/c1-3-4-5-10-19-11-16-15(17-12-19)18-22(20,21)14-8-6-13(2)7-9-14/h6-9H,3-5,10-12H2,1-2H3,(H2,16,17,18). The normalized spacial score (nSPS) is 16.0. The van der Waals surface area contributed by atoms with E-state index in [0.717, 1.165) is 18.5 Å². The molecule has 0 unspecified atom stereocenters. The zero-order valence-electron chi connectivity index (χ0n) is 13.2. The Labute approximate surface area is 132 Å². The summed E-state index contributed by atoms with van der Waals surface area (Å²) in [6, 6.07) is 6.75. The van der Waals surface area contributed by atoms with E-state index in [0.29, 0.717) is 19.3 Å². The maximum atomic E-state index is 12.3. The first-order valence-corrected chi connectivity index (χ1v) is 9.10. The van der Waals surface area contributed by atoms with Crippen LogP contribution in [0.4, 0.5) is 0 Å². The van der Waals surface area contributed by atoms with E-state index in [4.69, 9.17) is 0 Å². The van der Waals surface area contributed by atoms with E-state index in [2.05, 4.69) is 26.9 Å². The van der Waals surface area contributed by atoms with Crippen molar-refractivity contribution in [1.29, 1.82) is 0 Å². The molecule has 0 bridgehead atoms. The summed E-state index contributed by atoms with van der Waals surface area (Å²) in [6.45, 7) is 6.19. The Bertz CT molecular complexity index is 611. The summed E-state index contributed by atoms with van der Waals surface area (Å²) >= 11 is 0. The summed E-state index contributed by atoms with van der Waals surface area (Å²) in [5, 5.41) is 3.02. The fourth-order valence-electron chi connectivity index (χ4n) is 2.17. The molecular weight excluding hydrogens is 300 g/mol. The molecule has 0 spiro atoms. The van der Waals surface area contributed by atoms with Crippen LogP contribution in [0.15, 0.2) is 34.2 Å². The lowest BCUT2D eigenvalue weighted by molar-refractivity contribution is 0.258. The minimum atomic E-state index is -3.58. The van der Waals surface area contributed by atoms with E-state index in [1.807, 2.05) is 6.92 Å². The number of nitrogens with zero attached hydrogens (tertiary/aromatic N) is 2. The number of rotatable bonds is 6. The summed E-state index contributed by atoms with van der Waals surface area (Å²) < 4.78 is 27.0. The number of guanidine groups is 1. The van der Waals surface area contributed by atoms with Crippen LogP contribution >= 0.6 is 0 Å². The monoisotopic (exact) mass is 324 g/mol. The fraction of sp³-hybridized carbons (Fsp3) is 0.533. The van der Waals surface area contributed by atoms with Crippen LogP contribution in [0, 0.1) is 6.92 Å². The van der Waals surface area contributed by atoms with E-state index in [1.165, 1.54) is 12.8 Å². The third-order valence-electron chi connectivity index (χ3n) is 3.54. The highest BCUT2D eigenvalue weighted by atomic mass is 32.2. The van der Waals surface area contributed by atoms with Gasteiger partial charge in [-0.25, -0.2) is 18.1 Å². The lowest BCUT2D eigenvalue weighted by Gasteiger charge is -2.26. The van der Waals surface area contributed by atoms with Gasteiger partial charge in [0, 0.05) is 6.54 Å². The predicted molar refractivity (Wildman–Crippen MR) is 88.0 cm³/mol. The SMILES string of the molecule is CCCCCN1CN=C(NS(=O)(=O)c2ccc(C)cc2)NC1. The number of hydrogen-bond donors (Lipinski definition) is 2. The first kappa shape index (κ1) is 16.8. The predicted octanol–water partition coefficient (Wildman–Crippen LogP) is 1.64. The van der Waals surface area contributed by atoms with Crippen LogP contribution in [-0.4, -0.2) is 39.2 Å². The molecule has 2 rings (SSSR count). The van der Waals surface area contributed by atoms with E-state index in [9.17, 15) is 8.42 Å². The van der Waals surface area contributed by atoms with Gasteiger partial charge in [0.05, 0.1) is 18.2 Å². The van der Waals surface area contributed by atoms with Crippen molar-refractivity contribution >= 4 is 16.0 Å². The Morgan fingerprint density at radius 2 is 2.00 bits per heavy atom. The third kappa shape index (κ3) is 4.71. The molecule has 0 radical (unpaired) electrons. The molecule has 0 saturated carbocycles. The van der Waals surface area contributed by atoms with Gasteiger partial charge in [-0.1, -0.05) is 37.5 Å². The summed E-state index contributed by atoms with van der Waals surface area (Å²) in [5.41, 5.74) is 1.02. The Morgan fingerprint density at radius 1 is 1.27 bits per heavy atom. The number of unbranched alkanes of at least 4 members (excludes halogenated alkanes) is 2. The first-order valence-electron chi connectivity index (χ1n) is 7.61. The zero-order valence-corrected chi connectivity index (χ0v) is 14.0. The third-order valence-corrected chi connectivity index (χ3v) is 4.89. The smallest absolute Gasteiger partial charge is 0.264 e. The molecule has 2 N–H and O–H groups in total. The molecule has 0 amide bonds. The van der Waals surface area contributed by atoms with Crippen molar-refractivity contribution in [2.45, 2.75) is 38.0 Å². The van der Waals surface area contributed by atoms with Gasteiger partial charge in [-0.15, -0.1) is 0 Å². The molecule has 0 fully saturated rings. The molecule has 1 heterocycles. The Kier molecular flexibility index (Phi) is 5.79. The molecule has 22 heavy (non-hydrogen) atoms. The van der Waals surface area contributed by atoms with E-state index < -0.39 is 10.0 Å². The maximum absolute atomic E-state index is 12.3. The van der Waals surface area contributed by atoms with Gasteiger partial charge in [0.25, 0.3) is 10.0 Å². The molecule has 1 aromatic carbocycles. The summed E-state index contributed by atoms with van der Waals surface area (Å²) in [4.78, 5) is 6.65. The molecular formula is C15H24N4O2S. The molecule has 122 valence electrons. The number of aryl methyl sites for hydroxylation is 1. The first-order chi connectivity index (χ1) is 10.5. The van der Waals surface area contributed by atoms with Crippen molar-refractivity contribution in [3.8, 4) is 0 Å². The number of nitrogens with one attached hydrogen (secondary N) is 2. The van der Waals surface area contributed by atoms with Gasteiger partial charge >= 0.3 is 0 Å². The number of sulfonamides is 1. The number of benzene rings is 1. The molecule has 6 nitrogen and oxygen atoms in total. The van der Waals surface area contributed by atoms with Crippen molar-refractivity contribution in [2.75, 3.05) is 19.9 Å². The Balaban J connectivity index is 1.92. The van der Waals surface area contributed by atoms with Crippen LogP contribution in [0.5, 0.6) is 0 Å². The van der Waals surface area contributed by atoms with E-state index in [-0.39, 0.29) is 4.90 Å². The van der Waals surface area contributed by atoms with E-state index in [1.54, 1.807) is 24.3 Å². The molecule has 1 aliphatic rings. The van der Waals surface area contributed by atoms with E-state index >= 15 is 0 Å². The average molecular weight is 324 g/mol. The van der Waals surface area contributed by atoms with Crippen molar-refractivity contribution in [3.05, 3.63) is 29.8 Å². The highest BCUT2D eigenvalue weighted by molar-refractivity contribution is 7.90. The number of hydrogen-bond acceptors (Lipinski definition) is 5. The van der Waals surface area contributed by atoms with Crippen LogP contribution in [0.3, 0.4) is 0 Å². The molecule has 1 aliphatic heterocycles. The van der Waals surface area contributed by atoms with Crippen molar-refractivity contribution in [2.24, 2.45) is 4.99 Å². The summed E-state index contributed by atoms with van der Waals surface area (Å²) in [7, 11) is -3.58. The summed E-state index contributed by atoms with van der Waals surface area (Å²) in [5.74, 6) is 0.312. The minimum absolute atomic E-state index is 0.243. The van der Waals surface area contributed by atoms with Gasteiger partial charge in [0.15, 0.2) is 0 Å². The second-order valence-electron chi connectivity index (χ2n) is 5.50. The largest absolute Gasteiger partial charge is 0.343 e. The zero-order chi connectivity index (χ0) is 16.0. The van der Waals surface area contributed by atoms with Crippen LogP contribution in [0.25, 0.3) is 0 Å². The highest BCUT2D eigenvalue weighted by Gasteiger charge is 2.19. The lowest BCUT2D eigenvalue weighted by atomic mass is 10.2. The van der Waals surface area contributed by atoms with Crippen LogP contribution in [0.2, 0.25) is 0 Å². The molecule has 0 aliphatic carbocycles. The average Bonchev–Trinajstić information content (AvgIpc) is 2.49. The van der Waals surface area contributed by atoms with Crippen molar-refractivity contribution in [3.63, 3.8) is 0 Å². The molecule has 0 saturated heterocycles. The van der Waals surface area contributed by atoms with Crippen LogP contribution < -0.4 is 10.0 Å². The minimum Gasteiger partial charge on any atom is -0.343 e. The van der Waals surface area contributed by atoms with Crippen LogP contribution in [-0.2, 0) is 10.0 Å². The second kappa shape index (κ2) is 7.60. The van der Waals surface area contributed by atoms with Gasteiger partial charge in [-0.3, -0.25) is 4.90 Å². The van der Waals surface area contributed by atoms with Gasteiger partial charge < -0.3 is 5.32 Å². The number of aliphatic imine (C=N–C) groups is 1. The quantitative estimate of drug-likeness (QED) is 0.780. The molecule has 0 aromatic heterocycles. The highest BCUT2D eigenvalue weighted by Crippen LogP contribution is 2.10. The topological polar surface area (TPSA) is 73.8 Å². The molecule has 7 heteroatoms.